The molecule has 0 unspecified atom stereocenters. The van der Waals surface area contributed by atoms with Gasteiger partial charge in [-0.1, -0.05) is 32.6 Å². The van der Waals surface area contributed by atoms with Crippen LogP contribution in [0.5, 0.6) is 5.75 Å². The fourth-order valence-corrected chi connectivity index (χ4v) is 4.42. The second-order valence-corrected chi connectivity index (χ2v) is 8.35. The van der Waals surface area contributed by atoms with E-state index in [0.29, 0.717) is 6.54 Å². The third-order valence-electron chi connectivity index (χ3n) is 6.22. The van der Waals surface area contributed by atoms with E-state index in [2.05, 4.69) is 21.7 Å². The molecular formula is C24H37N3O3. The van der Waals surface area contributed by atoms with E-state index < -0.39 is 6.10 Å². The third-order valence-corrected chi connectivity index (χ3v) is 6.22. The van der Waals surface area contributed by atoms with E-state index in [1.165, 1.54) is 32.1 Å². The van der Waals surface area contributed by atoms with Crippen LogP contribution in [0.2, 0.25) is 0 Å². The first kappa shape index (κ1) is 22.9. The molecule has 6 heteroatoms. The standard InChI is InChI=1S/C24H37N3O3/c1-3-4-5-6-7-12-27-14-13-26(16-19(27)18-28)17-24(29)21-10-11-25-23-9-8-20(30-2)15-22(21)23/h8-11,15,19,24,28-29H,3-7,12-14,16-18H2,1-2H3/t19-,24-/m1/s1. The average Bonchev–Trinajstić information content (AvgIpc) is 2.78. The molecule has 1 aromatic heterocycles. The van der Waals surface area contributed by atoms with Crippen molar-refractivity contribution < 1.29 is 14.9 Å². The molecule has 1 aliphatic heterocycles. The van der Waals surface area contributed by atoms with Gasteiger partial charge >= 0.3 is 0 Å². The van der Waals surface area contributed by atoms with Crippen molar-refractivity contribution in [2.24, 2.45) is 0 Å². The molecule has 1 saturated heterocycles. The van der Waals surface area contributed by atoms with Crippen molar-refractivity contribution >= 4 is 10.9 Å². The molecule has 1 aromatic carbocycles. The Labute approximate surface area is 180 Å². The summed E-state index contributed by atoms with van der Waals surface area (Å²) >= 11 is 0. The highest BCUT2D eigenvalue weighted by molar-refractivity contribution is 5.83. The van der Waals surface area contributed by atoms with Gasteiger partial charge in [-0.3, -0.25) is 14.8 Å². The average molecular weight is 416 g/mol. The number of aromatic nitrogens is 1. The normalized spacial score (nSPS) is 19.3. The first-order chi connectivity index (χ1) is 14.7. The second-order valence-electron chi connectivity index (χ2n) is 8.35. The Morgan fingerprint density at radius 2 is 2.00 bits per heavy atom. The van der Waals surface area contributed by atoms with Crippen LogP contribution in [-0.4, -0.2) is 77.5 Å². The molecule has 2 N–H and O–H groups in total. The highest BCUT2D eigenvalue weighted by atomic mass is 16.5. The summed E-state index contributed by atoms with van der Waals surface area (Å²) in [6.07, 6.45) is 7.48. The number of pyridine rings is 1. The Hall–Kier alpha value is -1.73. The van der Waals surface area contributed by atoms with E-state index in [4.69, 9.17) is 4.74 Å². The number of β-amino-alcohol motifs (C(OH)–C–C–N with tert-alkyl or cyclic N) is 1. The van der Waals surface area contributed by atoms with Crippen molar-refractivity contribution in [3.63, 3.8) is 0 Å². The Bertz CT molecular complexity index is 785. The van der Waals surface area contributed by atoms with Gasteiger partial charge in [-0.05, 0) is 42.8 Å². The lowest BCUT2D eigenvalue weighted by Gasteiger charge is -2.41. The molecule has 1 fully saturated rings. The van der Waals surface area contributed by atoms with Crippen molar-refractivity contribution in [1.82, 2.24) is 14.8 Å². The monoisotopic (exact) mass is 415 g/mol. The number of aliphatic hydroxyl groups excluding tert-OH is 2. The van der Waals surface area contributed by atoms with Gasteiger partial charge in [0.25, 0.3) is 0 Å². The van der Waals surface area contributed by atoms with E-state index in [1.807, 2.05) is 24.3 Å². The molecule has 166 valence electrons. The molecule has 30 heavy (non-hydrogen) atoms. The summed E-state index contributed by atoms with van der Waals surface area (Å²) in [5.74, 6) is 0.761. The number of aliphatic hydroxyl groups is 2. The maximum Gasteiger partial charge on any atom is 0.119 e. The molecule has 3 rings (SSSR count). The smallest absolute Gasteiger partial charge is 0.119 e. The first-order valence-electron chi connectivity index (χ1n) is 11.3. The summed E-state index contributed by atoms with van der Waals surface area (Å²) in [4.78, 5) is 9.10. The molecule has 2 aromatic rings. The maximum absolute atomic E-state index is 11.0. The number of hydrogen-bond acceptors (Lipinski definition) is 6. The van der Waals surface area contributed by atoms with E-state index >= 15 is 0 Å². The molecular weight excluding hydrogens is 378 g/mol. The van der Waals surface area contributed by atoms with Crippen molar-refractivity contribution in [3.8, 4) is 5.75 Å². The van der Waals surface area contributed by atoms with Crippen molar-refractivity contribution in [2.45, 2.75) is 51.2 Å². The number of ether oxygens (including phenoxy) is 1. The van der Waals surface area contributed by atoms with Gasteiger partial charge in [-0.2, -0.15) is 0 Å². The summed E-state index contributed by atoms with van der Waals surface area (Å²) in [5.41, 5.74) is 1.73. The van der Waals surface area contributed by atoms with Gasteiger partial charge in [0.05, 0.1) is 25.3 Å². The molecule has 2 heterocycles. The van der Waals surface area contributed by atoms with Crippen molar-refractivity contribution in [1.29, 1.82) is 0 Å². The molecule has 0 saturated carbocycles. The number of piperazine rings is 1. The maximum atomic E-state index is 11.0. The summed E-state index contributed by atoms with van der Waals surface area (Å²) in [6, 6.07) is 7.78. The fourth-order valence-electron chi connectivity index (χ4n) is 4.42. The van der Waals surface area contributed by atoms with Gasteiger partial charge in [0.15, 0.2) is 0 Å². The number of methoxy groups -OCH3 is 1. The molecule has 0 bridgehead atoms. The first-order valence-corrected chi connectivity index (χ1v) is 11.3. The van der Waals surface area contributed by atoms with Gasteiger partial charge in [0, 0.05) is 43.8 Å². The number of fused-ring (bicyclic) bond motifs is 1. The van der Waals surface area contributed by atoms with Gasteiger partial charge in [-0.25, -0.2) is 0 Å². The molecule has 0 radical (unpaired) electrons. The van der Waals surface area contributed by atoms with Gasteiger partial charge in [0.2, 0.25) is 0 Å². The minimum absolute atomic E-state index is 0.145. The van der Waals surface area contributed by atoms with Crippen LogP contribution in [0.3, 0.4) is 0 Å². The lowest BCUT2D eigenvalue weighted by molar-refractivity contribution is 0.0170. The topological polar surface area (TPSA) is 69.1 Å². The van der Waals surface area contributed by atoms with E-state index in [9.17, 15) is 10.2 Å². The number of rotatable bonds is 11. The number of benzene rings is 1. The van der Waals surface area contributed by atoms with E-state index in [1.54, 1.807) is 13.3 Å². The van der Waals surface area contributed by atoms with Crippen molar-refractivity contribution in [3.05, 3.63) is 36.0 Å². The van der Waals surface area contributed by atoms with Gasteiger partial charge in [-0.15, -0.1) is 0 Å². The zero-order chi connectivity index (χ0) is 21.3. The minimum Gasteiger partial charge on any atom is -0.497 e. The Morgan fingerprint density at radius 3 is 2.77 bits per heavy atom. The quantitative estimate of drug-likeness (QED) is 0.549. The summed E-state index contributed by atoms with van der Waals surface area (Å²) < 4.78 is 5.35. The Morgan fingerprint density at radius 1 is 1.17 bits per heavy atom. The third kappa shape index (κ3) is 5.91. The molecule has 2 atom stereocenters. The predicted molar refractivity (Wildman–Crippen MR) is 121 cm³/mol. The van der Waals surface area contributed by atoms with E-state index in [-0.39, 0.29) is 12.6 Å². The van der Waals surface area contributed by atoms with Crippen LogP contribution in [0, 0.1) is 0 Å². The molecule has 0 amide bonds. The lowest BCUT2D eigenvalue weighted by atomic mass is 10.0. The predicted octanol–water partition coefficient (Wildman–Crippen LogP) is 3.23. The number of nitrogens with zero attached hydrogens (tertiary/aromatic N) is 3. The summed E-state index contributed by atoms with van der Waals surface area (Å²) in [5, 5.41) is 21.8. The molecule has 1 aliphatic rings. The van der Waals surface area contributed by atoms with Crippen LogP contribution < -0.4 is 4.74 Å². The molecule has 6 nitrogen and oxygen atoms in total. The molecule has 0 spiro atoms. The zero-order valence-corrected chi connectivity index (χ0v) is 18.5. The van der Waals surface area contributed by atoms with Crippen LogP contribution in [0.4, 0.5) is 0 Å². The zero-order valence-electron chi connectivity index (χ0n) is 18.5. The number of unbranched alkanes of at least 4 members (excludes halogenated alkanes) is 4. The highest BCUT2D eigenvalue weighted by Crippen LogP contribution is 2.27. The lowest BCUT2D eigenvalue weighted by Crippen LogP contribution is -2.55. The van der Waals surface area contributed by atoms with Crippen molar-refractivity contribution in [2.75, 3.05) is 46.4 Å². The van der Waals surface area contributed by atoms with Gasteiger partial charge in [0.1, 0.15) is 5.75 Å². The highest BCUT2D eigenvalue weighted by Gasteiger charge is 2.27. The van der Waals surface area contributed by atoms with Crippen LogP contribution >= 0.6 is 0 Å². The SMILES string of the molecule is CCCCCCCN1CCN(C[C@@H](O)c2ccnc3ccc(OC)cc23)C[C@@H]1CO. The largest absolute Gasteiger partial charge is 0.497 e. The fraction of sp³-hybridized carbons (Fsp3) is 0.625. The second kappa shape index (κ2) is 11.6. The minimum atomic E-state index is -0.609. The molecule has 0 aliphatic carbocycles. The van der Waals surface area contributed by atoms with E-state index in [0.717, 1.165) is 48.4 Å². The Kier molecular flexibility index (Phi) is 8.88. The van der Waals surface area contributed by atoms with Crippen LogP contribution in [0.25, 0.3) is 10.9 Å². The summed E-state index contributed by atoms with van der Waals surface area (Å²) in [7, 11) is 1.64. The number of hydrogen-bond donors (Lipinski definition) is 2. The summed E-state index contributed by atoms with van der Waals surface area (Å²) in [6.45, 7) is 6.65. The Balaban J connectivity index is 1.59. The van der Waals surface area contributed by atoms with Crippen LogP contribution in [-0.2, 0) is 0 Å². The van der Waals surface area contributed by atoms with Crippen LogP contribution in [0.1, 0.15) is 50.7 Å². The van der Waals surface area contributed by atoms with Gasteiger partial charge < -0.3 is 14.9 Å². The van der Waals surface area contributed by atoms with Crippen LogP contribution in [0.15, 0.2) is 30.5 Å².